The summed E-state index contributed by atoms with van der Waals surface area (Å²) in [6.45, 7) is 5.56. The monoisotopic (exact) mass is 427 g/mol. The van der Waals surface area contributed by atoms with E-state index in [2.05, 4.69) is 10.0 Å². The van der Waals surface area contributed by atoms with Gasteiger partial charge in [-0.25, -0.2) is 12.8 Å². The number of carbonyl (C=O) groups excluding carboxylic acids is 1. The molecule has 1 atom stereocenters. The molecule has 0 spiro atoms. The number of nitrogens with zero attached hydrogens (tertiary/aromatic N) is 1. The van der Waals surface area contributed by atoms with Crippen LogP contribution in [0.15, 0.2) is 47.4 Å². The van der Waals surface area contributed by atoms with E-state index in [1.54, 1.807) is 30.0 Å². The van der Waals surface area contributed by atoms with Crippen molar-refractivity contribution in [2.24, 2.45) is 0 Å². The highest BCUT2D eigenvalue weighted by atomic mass is 35.5. The average Bonchev–Trinajstić information content (AvgIpc) is 2.63. The summed E-state index contributed by atoms with van der Waals surface area (Å²) in [5, 5.41) is 3.22. The Balaban J connectivity index is 0.00000280. The number of benzene rings is 2. The summed E-state index contributed by atoms with van der Waals surface area (Å²) in [7, 11) is -3.96. The zero-order chi connectivity index (χ0) is 19.6. The second-order valence-corrected chi connectivity index (χ2v) is 8.33. The fourth-order valence-corrected chi connectivity index (χ4v) is 4.04. The van der Waals surface area contributed by atoms with Crippen molar-refractivity contribution in [3.8, 4) is 0 Å². The first kappa shape index (κ1) is 22.1. The van der Waals surface area contributed by atoms with Crippen LogP contribution in [0.3, 0.4) is 0 Å². The predicted octanol–water partition coefficient (Wildman–Crippen LogP) is 2.79. The lowest BCUT2D eigenvalue weighted by molar-refractivity contribution is 0.0656. The van der Waals surface area contributed by atoms with Gasteiger partial charge in [0.05, 0.1) is 4.90 Å². The molecule has 152 valence electrons. The largest absolute Gasteiger partial charge is 0.333 e. The fraction of sp³-hybridized carbons (Fsp3) is 0.316. The highest BCUT2D eigenvalue weighted by molar-refractivity contribution is 7.92. The smallest absolute Gasteiger partial charge is 0.261 e. The molecule has 0 aliphatic carbocycles. The number of amides is 1. The van der Waals surface area contributed by atoms with Crippen LogP contribution in [0.25, 0.3) is 0 Å². The number of aryl methyl sites for hydroxylation is 1. The van der Waals surface area contributed by atoms with Gasteiger partial charge in [0.2, 0.25) is 0 Å². The topological polar surface area (TPSA) is 78.5 Å². The SMILES string of the molecule is Cc1ccc(S(=O)(=O)Nc2cccc(C(=O)N3CCNC[C@@H]3C)c2)cc1F.Cl. The van der Waals surface area contributed by atoms with Gasteiger partial charge in [-0.2, -0.15) is 0 Å². The van der Waals surface area contributed by atoms with Gasteiger partial charge in [-0.15, -0.1) is 12.4 Å². The number of carbonyl (C=O) groups is 1. The van der Waals surface area contributed by atoms with Crippen molar-refractivity contribution in [1.29, 1.82) is 0 Å². The fourth-order valence-electron chi connectivity index (χ4n) is 2.98. The van der Waals surface area contributed by atoms with E-state index in [1.807, 2.05) is 6.92 Å². The molecule has 1 fully saturated rings. The van der Waals surface area contributed by atoms with E-state index >= 15 is 0 Å². The van der Waals surface area contributed by atoms with Gasteiger partial charge in [-0.05, 0) is 49.7 Å². The molecule has 2 N–H and O–H groups in total. The maximum absolute atomic E-state index is 13.7. The van der Waals surface area contributed by atoms with Gasteiger partial charge >= 0.3 is 0 Å². The highest BCUT2D eigenvalue weighted by Crippen LogP contribution is 2.20. The van der Waals surface area contributed by atoms with Crippen molar-refractivity contribution >= 4 is 34.0 Å². The third-order valence-corrected chi connectivity index (χ3v) is 5.96. The Morgan fingerprint density at radius 1 is 1.25 bits per heavy atom. The Hall–Kier alpha value is -2.16. The lowest BCUT2D eigenvalue weighted by atomic mass is 10.1. The summed E-state index contributed by atoms with van der Waals surface area (Å²) >= 11 is 0. The molecule has 0 unspecified atom stereocenters. The Bertz CT molecular complexity index is 969. The molecule has 6 nitrogen and oxygen atoms in total. The molecule has 1 saturated heterocycles. The first-order chi connectivity index (χ1) is 12.8. The van der Waals surface area contributed by atoms with E-state index in [1.165, 1.54) is 18.2 Å². The Morgan fingerprint density at radius 2 is 2.00 bits per heavy atom. The van der Waals surface area contributed by atoms with Crippen LogP contribution >= 0.6 is 12.4 Å². The lowest BCUT2D eigenvalue weighted by Gasteiger charge is -2.34. The highest BCUT2D eigenvalue weighted by Gasteiger charge is 2.24. The first-order valence-corrected chi connectivity index (χ1v) is 10.2. The zero-order valence-corrected chi connectivity index (χ0v) is 17.2. The van der Waals surface area contributed by atoms with Crippen LogP contribution < -0.4 is 10.0 Å². The average molecular weight is 428 g/mol. The van der Waals surface area contributed by atoms with Crippen LogP contribution in [0.1, 0.15) is 22.8 Å². The van der Waals surface area contributed by atoms with E-state index in [9.17, 15) is 17.6 Å². The molecule has 1 heterocycles. The Kier molecular flexibility index (Phi) is 7.03. The molecule has 28 heavy (non-hydrogen) atoms. The number of rotatable bonds is 4. The number of piperazine rings is 1. The minimum atomic E-state index is -3.96. The summed E-state index contributed by atoms with van der Waals surface area (Å²) in [6, 6.07) is 10.1. The molecule has 0 bridgehead atoms. The lowest BCUT2D eigenvalue weighted by Crippen LogP contribution is -2.52. The van der Waals surface area contributed by atoms with Gasteiger partial charge in [-0.1, -0.05) is 12.1 Å². The van der Waals surface area contributed by atoms with Crippen LogP contribution in [-0.4, -0.2) is 44.9 Å². The molecule has 9 heteroatoms. The molecule has 1 aliphatic rings. The Labute approximate surface area is 170 Å². The van der Waals surface area contributed by atoms with Gasteiger partial charge < -0.3 is 10.2 Å². The molecule has 2 aromatic rings. The standard InChI is InChI=1S/C19H22FN3O3S.ClH/c1-13-6-7-17(11-18(13)20)27(25,26)22-16-5-3-4-15(10-16)19(24)23-9-8-21-12-14(23)2;/h3-7,10-11,14,21-22H,8-9,12H2,1-2H3;1H/t14-;/m0./s1. The number of sulfonamides is 1. The minimum absolute atomic E-state index is 0. The maximum Gasteiger partial charge on any atom is 0.261 e. The normalized spacial score (nSPS) is 17.0. The van der Waals surface area contributed by atoms with E-state index in [4.69, 9.17) is 0 Å². The van der Waals surface area contributed by atoms with Crippen LogP contribution in [0.2, 0.25) is 0 Å². The zero-order valence-electron chi connectivity index (χ0n) is 15.6. The summed E-state index contributed by atoms with van der Waals surface area (Å²) in [6.07, 6.45) is 0. The Morgan fingerprint density at radius 3 is 2.68 bits per heavy atom. The quantitative estimate of drug-likeness (QED) is 0.786. The van der Waals surface area contributed by atoms with E-state index in [-0.39, 0.29) is 34.9 Å². The van der Waals surface area contributed by atoms with Gasteiger partial charge in [-0.3, -0.25) is 9.52 Å². The van der Waals surface area contributed by atoms with Crippen molar-refractivity contribution in [1.82, 2.24) is 10.2 Å². The predicted molar refractivity (Wildman–Crippen MR) is 109 cm³/mol. The van der Waals surface area contributed by atoms with Crippen LogP contribution in [0, 0.1) is 12.7 Å². The van der Waals surface area contributed by atoms with Gasteiger partial charge in [0, 0.05) is 36.9 Å². The summed E-state index contributed by atoms with van der Waals surface area (Å²) in [5.41, 5.74) is 1.02. The molecule has 1 amide bonds. The van der Waals surface area contributed by atoms with E-state index in [0.717, 1.165) is 19.2 Å². The molecular weight excluding hydrogens is 405 g/mol. The molecular formula is C19H23ClFN3O3S. The summed E-state index contributed by atoms with van der Waals surface area (Å²) < 4.78 is 41.2. The molecule has 3 rings (SSSR count). The number of hydrogen-bond acceptors (Lipinski definition) is 4. The van der Waals surface area contributed by atoms with Gasteiger partial charge in [0.15, 0.2) is 0 Å². The van der Waals surface area contributed by atoms with Crippen molar-refractivity contribution in [3.05, 3.63) is 59.4 Å². The van der Waals surface area contributed by atoms with Crippen LogP contribution in [0.5, 0.6) is 0 Å². The minimum Gasteiger partial charge on any atom is -0.333 e. The molecule has 0 radical (unpaired) electrons. The molecule has 1 aliphatic heterocycles. The van der Waals surface area contributed by atoms with E-state index < -0.39 is 15.8 Å². The second-order valence-electron chi connectivity index (χ2n) is 6.65. The third kappa shape index (κ3) is 4.81. The number of halogens is 2. The van der Waals surface area contributed by atoms with E-state index in [0.29, 0.717) is 17.7 Å². The molecule has 2 aromatic carbocycles. The van der Waals surface area contributed by atoms with Crippen LogP contribution in [0.4, 0.5) is 10.1 Å². The maximum atomic E-state index is 13.7. The van der Waals surface area contributed by atoms with Crippen molar-refractivity contribution in [3.63, 3.8) is 0 Å². The molecule has 0 aromatic heterocycles. The van der Waals surface area contributed by atoms with Crippen LogP contribution in [-0.2, 0) is 10.0 Å². The van der Waals surface area contributed by atoms with Crippen molar-refractivity contribution in [2.45, 2.75) is 24.8 Å². The van der Waals surface area contributed by atoms with Crippen molar-refractivity contribution < 1.29 is 17.6 Å². The first-order valence-electron chi connectivity index (χ1n) is 8.68. The van der Waals surface area contributed by atoms with Crippen molar-refractivity contribution in [2.75, 3.05) is 24.4 Å². The van der Waals surface area contributed by atoms with Gasteiger partial charge in [0.25, 0.3) is 15.9 Å². The second kappa shape index (κ2) is 8.89. The number of nitrogens with one attached hydrogen (secondary N) is 2. The third-order valence-electron chi connectivity index (χ3n) is 4.58. The number of anilines is 1. The summed E-state index contributed by atoms with van der Waals surface area (Å²) in [5.74, 6) is -0.735. The number of hydrogen-bond donors (Lipinski definition) is 2. The van der Waals surface area contributed by atoms with Gasteiger partial charge in [0.1, 0.15) is 5.82 Å². The summed E-state index contributed by atoms with van der Waals surface area (Å²) in [4.78, 5) is 14.3. The molecule has 0 saturated carbocycles.